The van der Waals surface area contributed by atoms with E-state index in [2.05, 4.69) is 43.9 Å². The standard InChI is InChI=1S/C16H26N2/c1-16(2,3)15-6-5-13-7-10-18(9-4-8-17)12-14(13)11-15/h5-6,11H,4,7-10,12,17H2,1-3H3. The zero-order valence-corrected chi connectivity index (χ0v) is 12.0. The number of nitrogens with two attached hydrogens (primary N) is 1. The van der Waals surface area contributed by atoms with E-state index in [1.807, 2.05) is 0 Å². The first-order chi connectivity index (χ1) is 8.50. The van der Waals surface area contributed by atoms with Crippen LogP contribution in [-0.4, -0.2) is 24.5 Å². The maximum atomic E-state index is 5.59. The van der Waals surface area contributed by atoms with Crippen LogP contribution in [0.5, 0.6) is 0 Å². The molecule has 0 atom stereocenters. The lowest BCUT2D eigenvalue weighted by molar-refractivity contribution is 0.252. The van der Waals surface area contributed by atoms with E-state index in [0.29, 0.717) is 0 Å². The van der Waals surface area contributed by atoms with E-state index in [4.69, 9.17) is 5.73 Å². The second kappa shape index (κ2) is 5.41. The monoisotopic (exact) mass is 246 g/mol. The molecule has 1 heterocycles. The highest BCUT2D eigenvalue weighted by Crippen LogP contribution is 2.27. The van der Waals surface area contributed by atoms with Gasteiger partial charge in [0.15, 0.2) is 0 Å². The van der Waals surface area contributed by atoms with Gasteiger partial charge in [-0.15, -0.1) is 0 Å². The molecule has 1 aromatic rings. The first kappa shape index (κ1) is 13.6. The van der Waals surface area contributed by atoms with Gasteiger partial charge in [-0.25, -0.2) is 0 Å². The van der Waals surface area contributed by atoms with E-state index in [0.717, 1.165) is 26.1 Å². The molecule has 0 saturated heterocycles. The predicted octanol–water partition coefficient (Wildman–Crippen LogP) is 2.69. The summed E-state index contributed by atoms with van der Waals surface area (Å²) in [5, 5.41) is 0. The molecule has 18 heavy (non-hydrogen) atoms. The second-order valence-corrected chi connectivity index (χ2v) is 6.40. The summed E-state index contributed by atoms with van der Waals surface area (Å²) in [6, 6.07) is 7.04. The third-order valence-electron chi connectivity index (χ3n) is 3.84. The van der Waals surface area contributed by atoms with Crippen molar-refractivity contribution in [1.82, 2.24) is 4.90 Å². The highest BCUT2D eigenvalue weighted by Gasteiger charge is 2.19. The fourth-order valence-corrected chi connectivity index (χ4v) is 2.59. The average molecular weight is 246 g/mol. The Morgan fingerprint density at radius 1 is 1.22 bits per heavy atom. The minimum Gasteiger partial charge on any atom is -0.330 e. The minimum absolute atomic E-state index is 0.245. The van der Waals surface area contributed by atoms with Gasteiger partial charge >= 0.3 is 0 Å². The number of hydrogen-bond acceptors (Lipinski definition) is 2. The zero-order valence-electron chi connectivity index (χ0n) is 12.0. The summed E-state index contributed by atoms with van der Waals surface area (Å²) < 4.78 is 0. The van der Waals surface area contributed by atoms with Gasteiger partial charge in [-0.2, -0.15) is 0 Å². The van der Waals surface area contributed by atoms with Gasteiger partial charge in [0.2, 0.25) is 0 Å². The van der Waals surface area contributed by atoms with Gasteiger partial charge in [0.05, 0.1) is 0 Å². The molecule has 0 bridgehead atoms. The number of rotatable bonds is 3. The van der Waals surface area contributed by atoms with Gasteiger partial charge in [-0.3, -0.25) is 4.90 Å². The van der Waals surface area contributed by atoms with Gasteiger partial charge in [0.1, 0.15) is 0 Å². The molecular formula is C16H26N2. The van der Waals surface area contributed by atoms with Crippen molar-refractivity contribution < 1.29 is 0 Å². The van der Waals surface area contributed by atoms with Crippen molar-refractivity contribution in [3.63, 3.8) is 0 Å². The molecule has 0 radical (unpaired) electrons. The Morgan fingerprint density at radius 2 is 2.00 bits per heavy atom. The van der Waals surface area contributed by atoms with Gasteiger partial charge in [-0.1, -0.05) is 39.0 Å². The molecule has 0 saturated carbocycles. The Morgan fingerprint density at radius 3 is 2.67 bits per heavy atom. The normalized spacial score (nSPS) is 16.7. The third-order valence-corrected chi connectivity index (χ3v) is 3.84. The van der Waals surface area contributed by atoms with Crippen LogP contribution in [0.15, 0.2) is 18.2 Å². The minimum atomic E-state index is 0.245. The van der Waals surface area contributed by atoms with Crippen molar-refractivity contribution in [2.24, 2.45) is 5.73 Å². The summed E-state index contributed by atoms with van der Waals surface area (Å²) in [5.41, 5.74) is 10.3. The quantitative estimate of drug-likeness (QED) is 0.888. The van der Waals surface area contributed by atoms with Crippen LogP contribution in [0.2, 0.25) is 0 Å². The lowest BCUT2D eigenvalue weighted by atomic mass is 9.84. The molecule has 1 aromatic carbocycles. The van der Waals surface area contributed by atoms with Crippen molar-refractivity contribution in [2.45, 2.75) is 45.6 Å². The van der Waals surface area contributed by atoms with Crippen LogP contribution in [-0.2, 0) is 18.4 Å². The van der Waals surface area contributed by atoms with Crippen LogP contribution in [0.25, 0.3) is 0 Å². The highest BCUT2D eigenvalue weighted by molar-refractivity contribution is 5.36. The molecule has 100 valence electrons. The summed E-state index contributed by atoms with van der Waals surface area (Å²) in [6.07, 6.45) is 2.29. The molecular weight excluding hydrogens is 220 g/mol. The second-order valence-electron chi connectivity index (χ2n) is 6.40. The number of nitrogens with zero attached hydrogens (tertiary/aromatic N) is 1. The summed E-state index contributed by atoms with van der Waals surface area (Å²) in [7, 11) is 0. The Labute approximate surface area is 111 Å². The van der Waals surface area contributed by atoms with E-state index >= 15 is 0 Å². The molecule has 2 heteroatoms. The molecule has 0 spiro atoms. The lowest BCUT2D eigenvalue weighted by Gasteiger charge is -2.30. The summed E-state index contributed by atoms with van der Waals surface area (Å²) in [4.78, 5) is 2.53. The fourth-order valence-electron chi connectivity index (χ4n) is 2.59. The maximum Gasteiger partial charge on any atom is 0.0236 e. The molecule has 0 aliphatic carbocycles. The third kappa shape index (κ3) is 3.12. The van der Waals surface area contributed by atoms with Crippen molar-refractivity contribution in [1.29, 1.82) is 0 Å². The van der Waals surface area contributed by atoms with Crippen LogP contribution >= 0.6 is 0 Å². The van der Waals surface area contributed by atoms with Gasteiger partial charge < -0.3 is 5.73 Å². The van der Waals surface area contributed by atoms with Crippen molar-refractivity contribution in [3.05, 3.63) is 34.9 Å². The van der Waals surface area contributed by atoms with E-state index in [-0.39, 0.29) is 5.41 Å². The largest absolute Gasteiger partial charge is 0.330 e. The summed E-state index contributed by atoms with van der Waals surface area (Å²) in [5.74, 6) is 0. The van der Waals surface area contributed by atoms with Crippen molar-refractivity contribution in [3.8, 4) is 0 Å². The predicted molar refractivity (Wildman–Crippen MR) is 77.8 cm³/mol. The van der Waals surface area contributed by atoms with E-state index in [1.54, 1.807) is 0 Å². The number of hydrogen-bond donors (Lipinski definition) is 1. The number of fused-ring (bicyclic) bond motifs is 1. The number of benzene rings is 1. The first-order valence-corrected chi connectivity index (χ1v) is 7.05. The van der Waals surface area contributed by atoms with Crippen molar-refractivity contribution in [2.75, 3.05) is 19.6 Å². The summed E-state index contributed by atoms with van der Waals surface area (Å²) >= 11 is 0. The molecule has 2 rings (SSSR count). The van der Waals surface area contributed by atoms with E-state index < -0.39 is 0 Å². The molecule has 0 fully saturated rings. The topological polar surface area (TPSA) is 29.3 Å². The molecule has 1 aliphatic rings. The molecule has 2 nitrogen and oxygen atoms in total. The average Bonchev–Trinajstić information content (AvgIpc) is 2.34. The Kier molecular flexibility index (Phi) is 4.08. The van der Waals surface area contributed by atoms with Crippen LogP contribution in [0.1, 0.15) is 43.9 Å². The molecule has 1 aliphatic heterocycles. The van der Waals surface area contributed by atoms with Crippen molar-refractivity contribution >= 4 is 0 Å². The fraction of sp³-hybridized carbons (Fsp3) is 0.625. The Balaban J connectivity index is 2.14. The van der Waals surface area contributed by atoms with Crippen LogP contribution in [0, 0.1) is 0 Å². The Bertz CT molecular complexity index is 404. The zero-order chi connectivity index (χ0) is 13.2. The van der Waals surface area contributed by atoms with E-state index in [9.17, 15) is 0 Å². The Hall–Kier alpha value is -0.860. The van der Waals surface area contributed by atoms with Crippen LogP contribution < -0.4 is 5.73 Å². The molecule has 0 unspecified atom stereocenters. The lowest BCUT2D eigenvalue weighted by Crippen LogP contribution is -2.32. The van der Waals surface area contributed by atoms with E-state index in [1.165, 1.54) is 29.7 Å². The molecule has 0 amide bonds. The van der Waals surface area contributed by atoms with Gasteiger partial charge in [0.25, 0.3) is 0 Å². The van der Waals surface area contributed by atoms with Crippen LogP contribution in [0.3, 0.4) is 0 Å². The molecule has 2 N–H and O–H groups in total. The first-order valence-electron chi connectivity index (χ1n) is 7.05. The van der Waals surface area contributed by atoms with Gasteiger partial charge in [0, 0.05) is 13.1 Å². The maximum absolute atomic E-state index is 5.59. The van der Waals surface area contributed by atoms with Gasteiger partial charge in [-0.05, 0) is 48.0 Å². The smallest absolute Gasteiger partial charge is 0.0236 e. The van der Waals surface area contributed by atoms with Crippen LogP contribution in [0.4, 0.5) is 0 Å². The molecule has 0 aromatic heterocycles. The highest BCUT2D eigenvalue weighted by atomic mass is 15.1. The summed E-state index contributed by atoms with van der Waals surface area (Å²) in [6.45, 7) is 11.1. The SMILES string of the molecule is CC(C)(C)c1ccc2c(c1)CN(CCCN)CC2.